The van der Waals surface area contributed by atoms with Crippen LogP contribution in [0.3, 0.4) is 0 Å². The van der Waals surface area contributed by atoms with Crippen LogP contribution in [-0.4, -0.2) is 35.4 Å². The normalized spacial score (nSPS) is 22.7. The summed E-state index contributed by atoms with van der Waals surface area (Å²) in [5.41, 5.74) is 7.05. The zero-order chi connectivity index (χ0) is 14.7. The maximum Gasteiger partial charge on any atom is 0.238 e. The molecule has 5 heteroatoms. The third-order valence-electron chi connectivity index (χ3n) is 3.90. The molecule has 0 saturated carbocycles. The van der Waals surface area contributed by atoms with Crippen LogP contribution in [0.25, 0.3) is 0 Å². The van der Waals surface area contributed by atoms with E-state index in [0.717, 1.165) is 13.1 Å². The SMILES string of the molecule is CC1CN(CC(=O)Nc2ccccc2C(N)=S)CC1C. The molecule has 108 valence electrons. The maximum atomic E-state index is 12.1. The molecule has 20 heavy (non-hydrogen) atoms. The number of nitrogens with two attached hydrogens (primary N) is 1. The Morgan fingerprint density at radius 1 is 1.35 bits per heavy atom. The summed E-state index contributed by atoms with van der Waals surface area (Å²) >= 11 is 4.99. The molecule has 1 fully saturated rings. The summed E-state index contributed by atoms with van der Waals surface area (Å²) in [4.78, 5) is 14.6. The van der Waals surface area contributed by atoms with Crippen molar-refractivity contribution in [2.45, 2.75) is 13.8 Å². The van der Waals surface area contributed by atoms with Crippen molar-refractivity contribution in [1.82, 2.24) is 4.90 Å². The highest BCUT2D eigenvalue weighted by Crippen LogP contribution is 2.22. The summed E-state index contributed by atoms with van der Waals surface area (Å²) < 4.78 is 0. The van der Waals surface area contributed by atoms with Crippen molar-refractivity contribution in [2.24, 2.45) is 17.6 Å². The zero-order valence-corrected chi connectivity index (χ0v) is 12.7. The van der Waals surface area contributed by atoms with Gasteiger partial charge in [-0.05, 0) is 24.0 Å². The van der Waals surface area contributed by atoms with E-state index in [9.17, 15) is 4.79 Å². The number of nitrogens with one attached hydrogen (secondary N) is 1. The van der Waals surface area contributed by atoms with Crippen LogP contribution in [0.5, 0.6) is 0 Å². The average Bonchev–Trinajstić information content (AvgIpc) is 2.68. The Morgan fingerprint density at radius 3 is 2.55 bits per heavy atom. The van der Waals surface area contributed by atoms with Crippen molar-refractivity contribution in [3.63, 3.8) is 0 Å². The Kier molecular flexibility index (Phi) is 4.73. The fraction of sp³-hybridized carbons (Fsp3) is 0.467. The van der Waals surface area contributed by atoms with Gasteiger partial charge in [0.2, 0.25) is 5.91 Å². The van der Waals surface area contributed by atoms with Crippen LogP contribution in [0.1, 0.15) is 19.4 Å². The lowest BCUT2D eigenvalue weighted by Crippen LogP contribution is -2.32. The van der Waals surface area contributed by atoms with Gasteiger partial charge in [-0.2, -0.15) is 0 Å². The molecule has 0 bridgehead atoms. The number of hydrogen-bond donors (Lipinski definition) is 2. The van der Waals surface area contributed by atoms with E-state index in [4.69, 9.17) is 18.0 Å². The number of likely N-dealkylation sites (tertiary alicyclic amines) is 1. The van der Waals surface area contributed by atoms with Crippen LogP contribution in [0, 0.1) is 11.8 Å². The predicted molar refractivity (Wildman–Crippen MR) is 85.7 cm³/mol. The molecule has 1 amide bonds. The van der Waals surface area contributed by atoms with Crippen molar-refractivity contribution in [3.05, 3.63) is 29.8 Å². The van der Waals surface area contributed by atoms with Crippen LogP contribution in [0.15, 0.2) is 24.3 Å². The first-order valence-electron chi connectivity index (χ1n) is 6.88. The number of carbonyl (C=O) groups excluding carboxylic acids is 1. The molecule has 3 N–H and O–H groups in total. The van der Waals surface area contributed by atoms with E-state index in [1.54, 1.807) is 0 Å². The van der Waals surface area contributed by atoms with E-state index in [1.807, 2.05) is 24.3 Å². The average molecular weight is 291 g/mol. The largest absolute Gasteiger partial charge is 0.389 e. The maximum absolute atomic E-state index is 12.1. The second kappa shape index (κ2) is 6.33. The van der Waals surface area contributed by atoms with Gasteiger partial charge in [-0.3, -0.25) is 9.69 Å². The molecule has 4 nitrogen and oxygen atoms in total. The minimum absolute atomic E-state index is 0.0185. The van der Waals surface area contributed by atoms with Crippen molar-refractivity contribution in [2.75, 3.05) is 25.0 Å². The molecule has 2 atom stereocenters. The van der Waals surface area contributed by atoms with Gasteiger partial charge in [0, 0.05) is 18.7 Å². The summed E-state index contributed by atoms with van der Waals surface area (Å²) in [6.45, 7) is 6.83. The third kappa shape index (κ3) is 3.55. The Bertz CT molecular complexity index is 508. The molecular weight excluding hydrogens is 270 g/mol. The van der Waals surface area contributed by atoms with Gasteiger partial charge >= 0.3 is 0 Å². The molecule has 0 radical (unpaired) electrons. The number of benzene rings is 1. The molecular formula is C15H21N3OS. The highest BCUT2D eigenvalue weighted by atomic mass is 32.1. The van der Waals surface area contributed by atoms with Gasteiger partial charge < -0.3 is 11.1 Å². The predicted octanol–water partition coefficient (Wildman–Crippen LogP) is 1.85. The smallest absolute Gasteiger partial charge is 0.238 e. The van der Waals surface area contributed by atoms with Crippen LogP contribution in [0.4, 0.5) is 5.69 Å². The monoisotopic (exact) mass is 291 g/mol. The molecule has 1 aliphatic rings. The van der Waals surface area contributed by atoms with Crippen molar-refractivity contribution in [3.8, 4) is 0 Å². The topological polar surface area (TPSA) is 58.4 Å². The molecule has 1 aromatic rings. The molecule has 1 aromatic carbocycles. The van der Waals surface area contributed by atoms with E-state index in [2.05, 4.69) is 24.1 Å². The molecule has 1 saturated heterocycles. The summed E-state index contributed by atoms with van der Waals surface area (Å²) in [5.74, 6) is 1.27. The second-order valence-electron chi connectivity index (χ2n) is 5.61. The van der Waals surface area contributed by atoms with E-state index < -0.39 is 0 Å². The lowest BCUT2D eigenvalue weighted by Gasteiger charge is -2.16. The van der Waals surface area contributed by atoms with Gasteiger partial charge in [0.1, 0.15) is 4.99 Å². The highest BCUT2D eigenvalue weighted by Gasteiger charge is 2.27. The summed E-state index contributed by atoms with van der Waals surface area (Å²) in [7, 11) is 0. The summed E-state index contributed by atoms with van der Waals surface area (Å²) in [5, 5.41) is 2.90. The summed E-state index contributed by atoms with van der Waals surface area (Å²) in [6.07, 6.45) is 0. The lowest BCUT2D eigenvalue weighted by atomic mass is 10.0. The lowest BCUT2D eigenvalue weighted by molar-refractivity contribution is -0.117. The number of rotatable bonds is 4. The van der Waals surface area contributed by atoms with Crippen LogP contribution < -0.4 is 11.1 Å². The van der Waals surface area contributed by atoms with E-state index in [0.29, 0.717) is 34.6 Å². The van der Waals surface area contributed by atoms with E-state index >= 15 is 0 Å². The minimum Gasteiger partial charge on any atom is -0.389 e. The third-order valence-corrected chi connectivity index (χ3v) is 4.12. The van der Waals surface area contributed by atoms with Gasteiger partial charge in [0.25, 0.3) is 0 Å². The van der Waals surface area contributed by atoms with Gasteiger partial charge in [-0.25, -0.2) is 0 Å². The quantitative estimate of drug-likeness (QED) is 0.831. The number of hydrogen-bond acceptors (Lipinski definition) is 3. The van der Waals surface area contributed by atoms with Crippen molar-refractivity contribution < 1.29 is 4.79 Å². The molecule has 0 aromatic heterocycles. The van der Waals surface area contributed by atoms with Crippen LogP contribution in [-0.2, 0) is 4.79 Å². The fourth-order valence-corrected chi connectivity index (χ4v) is 2.76. The first-order chi connectivity index (χ1) is 9.47. The van der Waals surface area contributed by atoms with Gasteiger partial charge in [-0.15, -0.1) is 0 Å². The molecule has 0 aliphatic carbocycles. The zero-order valence-electron chi connectivity index (χ0n) is 11.9. The Morgan fingerprint density at radius 2 is 1.95 bits per heavy atom. The molecule has 0 spiro atoms. The Hall–Kier alpha value is -1.46. The number of para-hydroxylation sites is 1. The van der Waals surface area contributed by atoms with E-state index in [1.165, 1.54) is 0 Å². The van der Waals surface area contributed by atoms with Crippen LogP contribution >= 0.6 is 12.2 Å². The number of anilines is 1. The highest BCUT2D eigenvalue weighted by molar-refractivity contribution is 7.80. The first kappa shape index (κ1) is 14.9. The number of amides is 1. The Labute approximate surface area is 125 Å². The molecule has 1 heterocycles. The fourth-order valence-electron chi connectivity index (χ4n) is 2.58. The van der Waals surface area contributed by atoms with Crippen LogP contribution in [0.2, 0.25) is 0 Å². The standard InChI is InChI=1S/C15H21N3OS/c1-10-7-18(8-11(10)2)9-14(19)17-13-6-4-3-5-12(13)15(16)20/h3-6,10-11H,7-9H2,1-2H3,(H2,16,20)(H,17,19). The molecule has 2 rings (SSSR count). The van der Waals surface area contributed by atoms with Crippen molar-refractivity contribution >= 4 is 28.8 Å². The number of carbonyl (C=O) groups is 1. The van der Waals surface area contributed by atoms with Gasteiger partial charge in [0.15, 0.2) is 0 Å². The van der Waals surface area contributed by atoms with Gasteiger partial charge in [0.05, 0.1) is 12.2 Å². The summed E-state index contributed by atoms with van der Waals surface area (Å²) in [6, 6.07) is 7.35. The second-order valence-corrected chi connectivity index (χ2v) is 6.05. The molecule has 2 unspecified atom stereocenters. The molecule has 1 aliphatic heterocycles. The van der Waals surface area contributed by atoms with Crippen molar-refractivity contribution in [1.29, 1.82) is 0 Å². The number of nitrogens with zero attached hydrogens (tertiary/aromatic N) is 1. The minimum atomic E-state index is -0.0185. The first-order valence-corrected chi connectivity index (χ1v) is 7.29. The van der Waals surface area contributed by atoms with E-state index in [-0.39, 0.29) is 5.91 Å². The van der Waals surface area contributed by atoms with Gasteiger partial charge in [-0.1, -0.05) is 38.2 Å². The Balaban J connectivity index is 1.97. The number of thiocarbonyl (C=S) groups is 1.